The molecule has 0 radical (unpaired) electrons. The lowest BCUT2D eigenvalue weighted by molar-refractivity contribution is -0.116. The predicted molar refractivity (Wildman–Crippen MR) is 87.6 cm³/mol. The highest BCUT2D eigenvalue weighted by Gasteiger charge is 2.07. The molecule has 6 heteroatoms. The van der Waals surface area contributed by atoms with Crippen molar-refractivity contribution >= 4 is 11.6 Å². The van der Waals surface area contributed by atoms with Crippen LogP contribution in [0.4, 0.5) is 10.1 Å². The van der Waals surface area contributed by atoms with Gasteiger partial charge in [-0.1, -0.05) is 6.07 Å². The Labute approximate surface area is 139 Å². The number of hydrogen-bond donors (Lipinski definition) is 0. The number of nitriles is 1. The molecule has 0 saturated carbocycles. The Morgan fingerprint density at radius 2 is 1.83 bits per heavy atom. The minimum atomic E-state index is -0.615. The van der Waals surface area contributed by atoms with Crippen molar-refractivity contribution in [2.45, 2.75) is 6.92 Å². The summed E-state index contributed by atoms with van der Waals surface area (Å²) in [5.74, 6) is 0.254. The average molecular weight is 328 g/mol. The third-order valence-corrected chi connectivity index (χ3v) is 3.36. The number of carbonyl (C=O) groups is 1. The van der Waals surface area contributed by atoms with Crippen LogP contribution in [0.25, 0.3) is 0 Å². The second kappa shape index (κ2) is 7.97. The van der Waals surface area contributed by atoms with Gasteiger partial charge in [0, 0.05) is 31.8 Å². The third-order valence-electron chi connectivity index (χ3n) is 3.36. The fourth-order valence-electron chi connectivity index (χ4n) is 1.96. The van der Waals surface area contributed by atoms with Gasteiger partial charge in [0.15, 0.2) is 0 Å². The molecule has 0 N–H and O–H groups in total. The summed E-state index contributed by atoms with van der Waals surface area (Å²) in [6, 6.07) is 12.9. The molecular weight excluding hydrogens is 311 g/mol. The van der Waals surface area contributed by atoms with Crippen molar-refractivity contribution in [3.8, 4) is 17.6 Å². The molecule has 0 aliphatic rings. The summed E-state index contributed by atoms with van der Waals surface area (Å²) in [6.07, 6.45) is 0. The Bertz CT molecular complexity index is 771. The molecule has 0 saturated heterocycles. The van der Waals surface area contributed by atoms with Crippen molar-refractivity contribution in [1.82, 2.24) is 0 Å². The summed E-state index contributed by atoms with van der Waals surface area (Å²) in [4.78, 5) is 12.9. The molecule has 0 atom stereocenters. The van der Waals surface area contributed by atoms with E-state index in [-0.39, 0.29) is 24.7 Å². The molecule has 24 heavy (non-hydrogen) atoms. The minimum absolute atomic E-state index is 0.0231. The number of benzene rings is 2. The molecule has 2 aromatic carbocycles. The molecule has 0 aliphatic carbocycles. The van der Waals surface area contributed by atoms with Gasteiger partial charge >= 0.3 is 0 Å². The van der Waals surface area contributed by atoms with Gasteiger partial charge in [0.05, 0.1) is 5.56 Å². The molecule has 0 heterocycles. The van der Waals surface area contributed by atoms with Gasteiger partial charge in [0.1, 0.15) is 36.6 Å². The van der Waals surface area contributed by atoms with Crippen molar-refractivity contribution < 1.29 is 18.7 Å². The van der Waals surface area contributed by atoms with Crippen LogP contribution in [0.5, 0.6) is 11.5 Å². The van der Waals surface area contributed by atoms with Crippen LogP contribution in [0.3, 0.4) is 0 Å². The molecule has 0 aliphatic heterocycles. The highest BCUT2D eigenvalue weighted by Crippen LogP contribution is 2.20. The summed E-state index contributed by atoms with van der Waals surface area (Å²) in [5, 5.41) is 8.67. The van der Waals surface area contributed by atoms with Crippen LogP contribution >= 0.6 is 0 Å². The molecular formula is C18H17FN2O3. The number of nitrogens with zero attached hydrogens (tertiary/aromatic N) is 2. The molecule has 2 aromatic rings. The smallest absolute Gasteiger partial charge is 0.223 e. The lowest BCUT2D eigenvalue weighted by Gasteiger charge is -2.16. The van der Waals surface area contributed by atoms with E-state index in [9.17, 15) is 9.18 Å². The molecule has 2 rings (SSSR count). The fraction of sp³-hybridized carbons (Fsp3) is 0.222. The van der Waals surface area contributed by atoms with Gasteiger partial charge in [-0.25, -0.2) is 4.39 Å². The second-order valence-electron chi connectivity index (χ2n) is 5.03. The van der Waals surface area contributed by atoms with Crippen molar-refractivity contribution in [3.05, 3.63) is 53.8 Å². The summed E-state index contributed by atoms with van der Waals surface area (Å²) < 4.78 is 24.4. The Kier molecular flexibility index (Phi) is 5.74. The highest BCUT2D eigenvalue weighted by molar-refractivity contribution is 5.91. The SMILES string of the molecule is CC(=O)N(C)c1cccc(OCCOc2ccc(C#N)c(F)c2)c1. The molecule has 0 spiro atoms. The van der Waals surface area contributed by atoms with E-state index in [1.54, 1.807) is 31.3 Å². The van der Waals surface area contributed by atoms with Crippen LogP contribution < -0.4 is 14.4 Å². The molecule has 0 aromatic heterocycles. The maximum atomic E-state index is 13.4. The standard InChI is InChI=1S/C18H17FN2O3/c1-13(22)21(2)15-4-3-5-16(10-15)23-8-9-24-17-7-6-14(12-20)18(19)11-17/h3-7,10-11H,8-9H2,1-2H3. The number of hydrogen-bond acceptors (Lipinski definition) is 4. The zero-order chi connectivity index (χ0) is 17.5. The van der Waals surface area contributed by atoms with Crippen molar-refractivity contribution in [1.29, 1.82) is 5.26 Å². The molecule has 1 amide bonds. The Morgan fingerprint density at radius 1 is 1.17 bits per heavy atom. The quantitative estimate of drug-likeness (QED) is 0.764. The predicted octanol–water partition coefficient (Wildman–Crippen LogP) is 3.14. The topological polar surface area (TPSA) is 62.6 Å². The Balaban J connectivity index is 1.86. The van der Waals surface area contributed by atoms with Gasteiger partial charge in [0.25, 0.3) is 0 Å². The van der Waals surface area contributed by atoms with E-state index in [4.69, 9.17) is 14.7 Å². The molecule has 5 nitrogen and oxygen atoms in total. The first-order valence-corrected chi connectivity index (χ1v) is 7.31. The third kappa shape index (κ3) is 4.46. The van der Waals surface area contributed by atoms with Gasteiger partial charge in [-0.15, -0.1) is 0 Å². The highest BCUT2D eigenvalue weighted by atomic mass is 19.1. The number of carbonyl (C=O) groups excluding carboxylic acids is 1. The van der Waals surface area contributed by atoms with Crippen molar-refractivity contribution in [3.63, 3.8) is 0 Å². The monoisotopic (exact) mass is 328 g/mol. The van der Waals surface area contributed by atoms with E-state index in [2.05, 4.69) is 0 Å². The zero-order valence-electron chi connectivity index (χ0n) is 13.5. The second-order valence-corrected chi connectivity index (χ2v) is 5.03. The number of ether oxygens (including phenoxy) is 2. The lowest BCUT2D eigenvalue weighted by Crippen LogP contribution is -2.22. The van der Waals surface area contributed by atoms with Crippen LogP contribution in [-0.2, 0) is 4.79 Å². The first kappa shape index (κ1) is 17.3. The first-order chi connectivity index (χ1) is 11.5. The number of halogens is 1. The Morgan fingerprint density at radius 3 is 2.42 bits per heavy atom. The zero-order valence-corrected chi connectivity index (χ0v) is 13.5. The first-order valence-electron chi connectivity index (χ1n) is 7.31. The fourth-order valence-corrected chi connectivity index (χ4v) is 1.96. The van der Waals surface area contributed by atoms with Crippen molar-refractivity contribution in [2.75, 3.05) is 25.2 Å². The van der Waals surface area contributed by atoms with Crippen LogP contribution in [0.2, 0.25) is 0 Å². The average Bonchev–Trinajstić information content (AvgIpc) is 2.58. The summed E-state index contributed by atoms with van der Waals surface area (Å²) in [7, 11) is 1.68. The number of anilines is 1. The van der Waals surface area contributed by atoms with Crippen LogP contribution in [0.15, 0.2) is 42.5 Å². The van der Waals surface area contributed by atoms with E-state index in [0.29, 0.717) is 11.5 Å². The van der Waals surface area contributed by atoms with Crippen LogP contribution in [0.1, 0.15) is 12.5 Å². The van der Waals surface area contributed by atoms with E-state index in [1.165, 1.54) is 30.0 Å². The van der Waals surface area contributed by atoms with E-state index in [1.807, 2.05) is 6.07 Å². The normalized spacial score (nSPS) is 9.92. The minimum Gasteiger partial charge on any atom is -0.490 e. The number of amides is 1. The van der Waals surface area contributed by atoms with Crippen molar-refractivity contribution in [2.24, 2.45) is 0 Å². The molecule has 0 unspecified atom stereocenters. The molecule has 124 valence electrons. The number of rotatable bonds is 6. The van der Waals surface area contributed by atoms with E-state index < -0.39 is 5.82 Å². The van der Waals surface area contributed by atoms with E-state index in [0.717, 1.165) is 5.69 Å². The maximum absolute atomic E-state index is 13.4. The Hall–Kier alpha value is -3.07. The summed E-state index contributed by atoms with van der Waals surface area (Å²) in [6.45, 7) is 1.96. The maximum Gasteiger partial charge on any atom is 0.223 e. The lowest BCUT2D eigenvalue weighted by atomic mass is 10.2. The summed E-state index contributed by atoms with van der Waals surface area (Å²) >= 11 is 0. The largest absolute Gasteiger partial charge is 0.490 e. The molecule has 0 fully saturated rings. The molecule has 0 bridgehead atoms. The van der Waals surface area contributed by atoms with Crippen LogP contribution in [-0.4, -0.2) is 26.2 Å². The van der Waals surface area contributed by atoms with Gasteiger partial charge in [0.2, 0.25) is 5.91 Å². The van der Waals surface area contributed by atoms with Gasteiger partial charge < -0.3 is 14.4 Å². The van der Waals surface area contributed by atoms with Gasteiger partial charge in [-0.2, -0.15) is 5.26 Å². The van der Waals surface area contributed by atoms with E-state index >= 15 is 0 Å². The summed E-state index contributed by atoms with van der Waals surface area (Å²) in [5.41, 5.74) is 0.708. The van der Waals surface area contributed by atoms with Gasteiger partial charge in [-0.05, 0) is 24.3 Å². The van der Waals surface area contributed by atoms with Crippen LogP contribution in [0, 0.1) is 17.1 Å². The van der Waals surface area contributed by atoms with Gasteiger partial charge in [-0.3, -0.25) is 4.79 Å².